The number of rotatable bonds is 4. The molecule has 0 bridgehead atoms. The van der Waals surface area contributed by atoms with Gasteiger partial charge < -0.3 is 4.48 Å². The molecule has 0 aromatic heterocycles. The van der Waals surface area contributed by atoms with Crippen LogP contribution in [0.2, 0.25) is 0 Å². The van der Waals surface area contributed by atoms with E-state index < -0.39 is 0 Å². The standard InChI is InChI=1S/C20H25ClNS/c1-4-22(2,3)13-7-9-16-17-8-5-6-10-19(17)23-20-12-11-15(21)14-18(16)20/h5-6,8-12,14,18,20H,4,7,13H2,1-3H3/q+1/t18-,20+/m0/s1. The average Bonchev–Trinajstić information content (AvgIpc) is 2.54. The Morgan fingerprint density at radius 3 is 2.83 bits per heavy atom. The fraction of sp³-hybridized carbons (Fsp3) is 0.400. The third-order valence-corrected chi connectivity index (χ3v) is 6.50. The second-order valence-corrected chi connectivity index (χ2v) is 8.60. The van der Waals surface area contributed by atoms with E-state index in [1.165, 1.54) is 22.6 Å². The quantitative estimate of drug-likeness (QED) is 0.663. The van der Waals surface area contributed by atoms with Crippen molar-refractivity contribution in [2.75, 3.05) is 27.2 Å². The highest BCUT2D eigenvalue weighted by molar-refractivity contribution is 8.00. The molecule has 122 valence electrons. The average molecular weight is 347 g/mol. The second-order valence-electron chi connectivity index (χ2n) is 6.94. The zero-order valence-corrected chi connectivity index (χ0v) is 15.7. The van der Waals surface area contributed by atoms with Crippen LogP contribution in [0, 0.1) is 5.92 Å². The van der Waals surface area contributed by atoms with Gasteiger partial charge in [-0.05, 0) is 30.2 Å². The zero-order valence-electron chi connectivity index (χ0n) is 14.1. The molecule has 1 aliphatic carbocycles. The number of quaternary nitrogens is 1. The summed E-state index contributed by atoms with van der Waals surface area (Å²) >= 11 is 8.25. The van der Waals surface area contributed by atoms with E-state index >= 15 is 0 Å². The molecule has 1 aromatic carbocycles. The minimum atomic E-state index is 0.393. The topological polar surface area (TPSA) is 0 Å². The fourth-order valence-corrected chi connectivity index (χ4v) is 4.62. The second kappa shape index (κ2) is 6.88. The predicted octanol–water partition coefficient (Wildman–Crippen LogP) is 5.34. The lowest BCUT2D eigenvalue weighted by atomic mass is 9.85. The molecule has 1 aliphatic heterocycles. The lowest BCUT2D eigenvalue weighted by Gasteiger charge is -2.34. The third kappa shape index (κ3) is 3.76. The van der Waals surface area contributed by atoms with Gasteiger partial charge in [-0.1, -0.05) is 48.0 Å². The first-order chi connectivity index (χ1) is 11.0. The van der Waals surface area contributed by atoms with Crippen LogP contribution >= 0.6 is 23.4 Å². The van der Waals surface area contributed by atoms with Crippen molar-refractivity contribution in [1.82, 2.24) is 0 Å². The van der Waals surface area contributed by atoms with Crippen molar-refractivity contribution in [3.63, 3.8) is 0 Å². The van der Waals surface area contributed by atoms with Gasteiger partial charge >= 0.3 is 0 Å². The molecular formula is C20H25ClNS+. The molecule has 0 N–H and O–H groups in total. The van der Waals surface area contributed by atoms with Gasteiger partial charge in [0.2, 0.25) is 0 Å². The highest BCUT2D eigenvalue weighted by Gasteiger charge is 2.31. The highest BCUT2D eigenvalue weighted by Crippen LogP contribution is 2.48. The van der Waals surface area contributed by atoms with E-state index in [2.05, 4.69) is 63.5 Å². The molecule has 0 fully saturated rings. The molecule has 0 amide bonds. The van der Waals surface area contributed by atoms with E-state index in [4.69, 9.17) is 11.6 Å². The van der Waals surface area contributed by atoms with Crippen molar-refractivity contribution in [3.05, 3.63) is 59.2 Å². The van der Waals surface area contributed by atoms with Gasteiger partial charge in [0.25, 0.3) is 0 Å². The molecule has 0 saturated heterocycles. The summed E-state index contributed by atoms with van der Waals surface area (Å²) in [5.41, 5.74) is 2.83. The summed E-state index contributed by atoms with van der Waals surface area (Å²) in [5, 5.41) is 1.33. The molecule has 2 aliphatic rings. The Hall–Kier alpha value is -0.960. The number of allylic oxidation sites excluding steroid dienone is 4. The van der Waals surface area contributed by atoms with E-state index in [9.17, 15) is 0 Å². The minimum Gasteiger partial charge on any atom is -0.328 e. The summed E-state index contributed by atoms with van der Waals surface area (Å²) < 4.78 is 1.06. The maximum Gasteiger partial charge on any atom is 0.0817 e. The Balaban J connectivity index is 1.92. The van der Waals surface area contributed by atoms with Crippen LogP contribution in [-0.2, 0) is 0 Å². The van der Waals surface area contributed by atoms with Gasteiger partial charge in [0, 0.05) is 27.5 Å². The van der Waals surface area contributed by atoms with Crippen molar-refractivity contribution in [2.45, 2.75) is 23.5 Å². The summed E-state index contributed by atoms with van der Waals surface area (Å²) in [6.07, 6.45) is 10.1. The van der Waals surface area contributed by atoms with Crippen molar-refractivity contribution < 1.29 is 4.48 Å². The zero-order chi connectivity index (χ0) is 16.4. The molecule has 0 saturated carbocycles. The van der Waals surface area contributed by atoms with Crippen LogP contribution in [0.4, 0.5) is 0 Å². The van der Waals surface area contributed by atoms with Gasteiger partial charge in [0.05, 0.1) is 27.2 Å². The largest absolute Gasteiger partial charge is 0.328 e. The Morgan fingerprint density at radius 2 is 2.04 bits per heavy atom. The summed E-state index contributed by atoms with van der Waals surface area (Å²) in [6.45, 7) is 4.58. The van der Waals surface area contributed by atoms with Crippen LogP contribution < -0.4 is 0 Å². The third-order valence-electron chi connectivity index (χ3n) is 4.91. The number of fused-ring (bicyclic) bond motifs is 2. The van der Waals surface area contributed by atoms with Crippen LogP contribution in [0.25, 0.3) is 5.57 Å². The molecule has 1 aromatic rings. The Kier molecular flexibility index (Phi) is 5.05. The number of halogens is 1. The highest BCUT2D eigenvalue weighted by atomic mass is 35.5. The van der Waals surface area contributed by atoms with Crippen molar-refractivity contribution in [3.8, 4) is 0 Å². The number of thioether (sulfide) groups is 1. The smallest absolute Gasteiger partial charge is 0.0817 e. The van der Waals surface area contributed by atoms with Crippen LogP contribution in [-0.4, -0.2) is 36.9 Å². The molecule has 0 radical (unpaired) electrons. The summed E-state index contributed by atoms with van der Waals surface area (Å²) in [4.78, 5) is 1.39. The summed E-state index contributed by atoms with van der Waals surface area (Å²) in [5.74, 6) is 0.393. The fourth-order valence-electron chi connectivity index (χ4n) is 3.12. The van der Waals surface area contributed by atoms with E-state index in [0.29, 0.717) is 11.2 Å². The number of hydrogen-bond acceptors (Lipinski definition) is 1. The van der Waals surface area contributed by atoms with Crippen LogP contribution in [0.5, 0.6) is 0 Å². The van der Waals surface area contributed by atoms with Crippen molar-refractivity contribution >= 4 is 28.9 Å². The maximum atomic E-state index is 6.29. The molecule has 3 rings (SSSR count). The normalized spacial score (nSPS) is 25.0. The van der Waals surface area contributed by atoms with Crippen LogP contribution in [0.1, 0.15) is 18.9 Å². The molecule has 23 heavy (non-hydrogen) atoms. The monoisotopic (exact) mass is 346 g/mol. The Labute approximate surface area is 149 Å². The van der Waals surface area contributed by atoms with Gasteiger partial charge in [0.1, 0.15) is 0 Å². The summed E-state index contributed by atoms with van der Waals surface area (Å²) in [7, 11) is 4.60. The van der Waals surface area contributed by atoms with E-state index in [0.717, 1.165) is 22.5 Å². The van der Waals surface area contributed by atoms with Crippen LogP contribution in [0.15, 0.2) is 58.5 Å². The lowest BCUT2D eigenvalue weighted by Crippen LogP contribution is -2.39. The number of hydrogen-bond donors (Lipinski definition) is 0. The van der Waals surface area contributed by atoms with Gasteiger partial charge in [-0.25, -0.2) is 0 Å². The molecule has 1 nitrogen and oxygen atoms in total. The van der Waals surface area contributed by atoms with Gasteiger partial charge in [-0.15, -0.1) is 11.8 Å². The molecular weight excluding hydrogens is 322 g/mol. The SMILES string of the molecule is CC[N+](C)(C)CCC=C1c2ccccc2S[C@@H]2C=CC(Cl)=C[C@@H]12. The molecule has 2 atom stereocenters. The molecule has 0 unspecified atom stereocenters. The van der Waals surface area contributed by atoms with Crippen molar-refractivity contribution in [2.24, 2.45) is 5.92 Å². The first-order valence-electron chi connectivity index (χ1n) is 8.34. The first-order valence-corrected chi connectivity index (χ1v) is 9.59. The van der Waals surface area contributed by atoms with Gasteiger partial charge in [-0.3, -0.25) is 0 Å². The van der Waals surface area contributed by atoms with Gasteiger partial charge in [0.15, 0.2) is 0 Å². The molecule has 0 spiro atoms. The molecule has 3 heteroatoms. The Bertz CT molecular complexity index is 672. The van der Waals surface area contributed by atoms with Crippen molar-refractivity contribution in [1.29, 1.82) is 0 Å². The first kappa shape index (κ1) is 16.9. The predicted molar refractivity (Wildman–Crippen MR) is 103 cm³/mol. The maximum absolute atomic E-state index is 6.29. The number of nitrogens with zero attached hydrogens (tertiary/aromatic N) is 1. The van der Waals surface area contributed by atoms with E-state index in [-0.39, 0.29) is 0 Å². The Morgan fingerprint density at radius 1 is 1.26 bits per heavy atom. The number of benzene rings is 1. The summed E-state index contributed by atoms with van der Waals surface area (Å²) in [6, 6.07) is 8.77. The minimum absolute atomic E-state index is 0.393. The van der Waals surface area contributed by atoms with Gasteiger partial charge in [-0.2, -0.15) is 0 Å². The van der Waals surface area contributed by atoms with E-state index in [1.807, 2.05) is 17.8 Å². The lowest BCUT2D eigenvalue weighted by molar-refractivity contribution is -0.888. The van der Waals surface area contributed by atoms with E-state index in [1.54, 1.807) is 0 Å². The van der Waals surface area contributed by atoms with Crippen LogP contribution in [0.3, 0.4) is 0 Å². The molecule has 1 heterocycles.